The van der Waals surface area contributed by atoms with Gasteiger partial charge in [0.1, 0.15) is 0 Å². The van der Waals surface area contributed by atoms with Crippen LogP contribution >= 0.6 is 0 Å². The molecule has 1 aliphatic rings. The second kappa shape index (κ2) is 10.1. The topological polar surface area (TPSA) is 19.4 Å². The predicted octanol–water partition coefficient (Wildman–Crippen LogP) is 10.3. The van der Waals surface area contributed by atoms with Gasteiger partial charge in [-0.15, -0.1) is 0 Å². The fourth-order valence-corrected chi connectivity index (χ4v) is 6.13. The number of para-hydroxylation sites is 2. The molecule has 0 fully saturated rings. The number of hydrogen-bond acceptors (Lipinski definition) is 3. The SMILES string of the molecule is CC1(C)c2ccccc2-c2cc(N(c3ccc(N(c4ccccc4)c4ccccc4)cc3)c3cccnc3)ccc21. The van der Waals surface area contributed by atoms with E-state index in [1.807, 2.05) is 18.5 Å². The quantitative estimate of drug-likeness (QED) is 0.214. The summed E-state index contributed by atoms with van der Waals surface area (Å²) in [6.07, 6.45) is 3.75. The van der Waals surface area contributed by atoms with Crippen LogP contribution in [0.3, 0.4) is 0 Å². The number of fused-ring (bicyclic) bond motifs is 3. The molecule has 0 saturated heterocycles. The molecule has 1 heterocycles. The minimum Gasteiger partial charge on any atom is -0.311 e. The first-order valence-corrected chi connectivity index (χ1v) is 14.1. The smallest absolute Gasteiger partial charge is 0.0644 e. The van der Waals surface area contributed by atoms with Crippen molar-refractivity contribution in [3.63, 3.8) is 0 Å². The average Bonchev–Trinajstić information content (AvgIpc) is 3.26. The third-order valence-electron chi connectivity index (χ3n) is 8.12. The molecule has 0 unspecified atom stereocenters. The molecule has 0 bridgehead atoms. The van der Waals surface area contributed by atoms with E-state index >= 15 is 0 Å². The van der Waals surface area contributed by atoms with Gasteiger partial charge in [-0.1, -0.05) is 80.6 Å². The van der Waals surface area contributed by atoms with Crippen molar-refractivity contribution >= 4 is 34.1 Å². The molecule has 0 N–H and O–H groups in total. The monoisotopic (exact) mass is 529 g/mol. The molecule has 1 aromatic heterocycles. The van der Waals surface area contributed by atoms with E-state index in [-0.39, 0.29) is 5.41 Å². The number of pyridine rings is 1. The van der Waals surface area contributed by atoms with Gasteiger partial charge in [0.15, 0.2) is 0 Å². The van der Waals surface area contributed by atoms with E-state index in [0.29, 0.717) is 0 Å². The van der Waals surface area contributed by atoms with E-state index in [0.717, 1.165) is 34.1 Å². The van der Waals surface area contributed by atoms with Crippen LogP contribution in [-0.4, -0.2) is 4.98 Å². The number of anilines is 6. The lowest BCUT2D eigenvalue weighted by atomic mass is 9.82. The Hall–Kier alpha value is -5.15. The summed E-state index contributed by atoms with van der Waals surface area (Å²) in [5, 5.41) is 0. The lowest BCUT2D eigenvalue weighted by Crippen LogP contribution is -2.15. The molecule has 3 heteroatoms. The minimum atomic E-state index is -0.0242. The fourth-order valence-electron chi connectivity index (χ4n) is 6.13. The van der Waals surface area contributed by atoms with Crippen LogP contribution in [0.15, 0.2) is 152 Å². The number of hydrogen-bond donors (Lipinski definition) is 0. The first kappa shape index (κ1) is 24.9. The second-order valence-corrected chi connectivity index (χ2v) is 11.0. The highest BCUT2D eigenvalue weighted by atomic mass is 15.2. The van der Waals surface area contributed by atoms with E-state index in [4.69, 9.17) is 0 Å². The second-order valence-electron chi connectivity index (χ2n) is 11.0. The Morgan fingerprint density at radius 3 is 1.54 bits per heavy atom. The van der Waals surface area contributed by atoms with Crippen molar-refractivity contribution in [2.45, 2.75) is 19.3 Å². The zero-order valence-corrected chi connectivity index (χ0v) is 23.3. The maximum absolute atomic E-state index is 4.46. The van der Waals surface area contributed by atoms with Gasteiger partial charge in [-0.2, -0.15) is 0 Å². The van der Waals surface area contributed by atoms with Crippen molar-refractivity contribution in [3.8, 4) is 11.1 Å². The van der Waals surface area contributed by atoms with Gasteiger partial charge in [-0.3, -0.25) is 4.98 Å². The average molecular weight is 530 g/mol. The third-order valence-corrected chi connectivity index (χ3v) is 8.12. The Morgan fingerprint density at radius 2 is 0.927 bits per heavy atom. The van der Waals surface area contributed by atoms with Gasteiger partial charge in [-0.25, -0.2) is 0 Å². The largest absolute Gasteiger partial charge is 0.311 e. The Bertz CT molecular complexity index is 1760. The van der Waals surface area contributed by atoms with Gasteiger partial charge < -0.3 is 9.80 Å². The van der Waals surface area contributed by atoms with Crippen LogP contribution in [0.1, 0.15) is 25.0 Å². The molecule has 0 radical (unpaired) electrons. The van der Waals surface area contributed by atoms with E-state index in [1.165, 1.54) is 22.3 Å². The van der Waals surface area contributed by atoms with Gasteiger partial charge in [0, 0.05) is 40.0 Å². The molecule has 1 aliphatic carbocycles. The van der Waals surface area contributed by atoms with Crippen molar-refractivity contribution in [1.82, 2.24) is 4.98 Å². The molecule has 7 rings (SSSR count). The van der Waals surface area contributed by atoms with Crippen LogP contribution in [0, 0.1) is 0 Å². The van der Waals surface area contributed by atoms with Crippen LogP contribution in [0.5, 0.6) is 0 Å². The molecular weight excluding hydrogens is 498 g/mol. The highest BCUT2D eigenvalue weighted by Crippen LogP contribution is 2.50. The molecule has 0 atom stereocenters. The van der Waals surface area contributed by atoms with Crippen molar-refractivity contribution in [1.29, 1.82) is 0 Å². The Labute approximate surface area is 242 Å². The van der Waals surface area contributed by atoms with Crippen molar-refractivity contribution < 1.29 is 0 Å². The summed E-state index contributed by atoms with van der Waals surface area (Å²) in [5.41, 5.74) is 11.9. The fraction of sp³-hybridized carbons (Fsp3) is 0.0789. The van der Waals surface area contributed by atoms with Crippen molar-refractivity contribution in [2.24, 2.45) is 0 Å². The molecule has 3 nitrogen and oxygen atoms in total. The number of nitrogens with zero attached hydrogens (tertiary/aromatic N) is 3. The van der Waals surface area contributed by atoms with Crippen LogP contribution in [0.25, 0.3) is 11.1 Å². The highest BCUT2D eigenvalue weighted by molar-refractivity contribution is 5.87. The Balaban J connectivity index is 1.33. The normalized spacial score (nSPS) is 12.8. The minimum absolute atomic E-state index is 0.0242. The first-order valence-electron chi connectivity index (χ1n) is 14.1. The van der Waals surface area contributed by atoms with E-state index in [1.54, 1.807) is 0 Å². The molecule has 6 aromatic rings. The standard InChI is InChI=1S/C38H31N3/c1-38(2)36-18-10-9-17-34(36)35-26-32(23-24-37(35)38)41(33-16-11-25-39-27-33)31-21-19-30(20-22-31)40(28-12-5-3-6-13-28)29-14-7-4-8-15-29/h3-27H,1-2H3. The molecular formula is C38H31N3. The summed E-state index contributed by atoms with van der Waals surface area (Å²) in [5.74, 6) is 0. The molecule has 198 valence electrons. The summed E-state index contributed by atoms with van der Waals surface area (Å²) in [6.45, 7) is 4.64. The number of benzene rings is 5. The maximum atomic E-state index is 4.46. The van der Waals surface area contributed by atoms with E-state index in [9.17, 15) is 0 Å². The number of rotatable bonds is 6. The lowest BCUT2D eigenvalue weighted by molar-refractivity contribution is 0.660. The lowest BCUT2D eigenvalue weighted by Gasteiger charge is -2.28. The summed E-state index contributed by atoms with van der Waals surface area (Å²) >= 11 is 0. The van der Waals surface area contributed by atoms with Crippen LogP contribution in [-0.2, 0) is 5.41 Å². The van der Waals surface area contributed by atoms with E-state index in [2.05, 4.69) is 162 Å². The number of aromatic nitrogens is 1. The first-order chi connectivity index (χ1) is 20.1. The molecule has 5 aromatic carbocycles. The van der Waals surface area contributed by atoms with Crippen molar-refractivity contribution in [2.75, 3.05) is 9.80 Å². The zero-order valence-electron chi connectivity index (χ0n) is 23.3. The molecule has 0 spiro atoms. The van der Waals surface area contributed by atoms with Crippen molar-refractivity contribution in [3.05, 3.63) is 163 Å². The van der Waals surface area contributed by atoms with Crippen LogP contribution < -0.4 is 9.80 Å². The van der Waals surface area contributed by atoms with Crippen LogP contribution in [0.4, 0.5) is 34.1 Å². The maximum Gasteiger partial charge on any atom is 0.0644 e. The zero-order chi connectivity index (χ0) is 27.8. The van der Waals surface area contributed by atoms with Crippen LogP contribution in [0.2, 0.25) is 0 Å². The summed E-state index contributed by atoms with van der Waals surface area (Å²) in [7, 11) is 0. The van der Waals surface area contributed by atoms with Gasteiger partial charge in [0.2, 0.25) is 0 Å². The van der Waals surface area contributed by atoms with Gasteiger partial charge in [0.05, 0.1) is 11.9 Å². The van der Waals surface area contributed by atoms with Gasteiger partial charge in [0.25, 0.3) is 0 Å². The Morgan fingerprint density at radius 1 is 0.439 bits per heavy atom. The highest BCUT2D eigenvalue weighted by Gasteiger charge is 2.35. The molecule has 41 heavy (non-hydrogen) atoms. The summed E-state index contributed by atoms with van der Waals surface area (Å²) in [6, 6.07) is 49.6. The molecule has 0 aliphatic heterocycles. The summed E-state index contributed by atoms with van der Waals surface area (Å²) < 4.78 is 0. The van der Waals surface area contributed by atoms with E-state index < -0.39 is 0 Å². The molecule has 0 saturated carbocycles. The van der Waals surface area contributed by atoms with Gasteiger partial charge >= 0.3 is 0 Å². The summed E-state index contributed by atoms with van der Waals surface area (Å²) in [4.78, 5) is 9.04. The predicted molar refractivity (Wildman–Crippen MR) is 171 cm³/mol. The third kappa shape index (κ3) is 4.36. The Kier molecular flexibility index (Phi) is 6.13. The molecule has 0 amide bonds. The van der Waals surface area contributed by atoms with Gasteiger partial charge in [-0.05, 0) is 95.1 Å².